The van der Waals surface area contributed by atoms with E-state index in [2.05, 4.69) is 10.3 Å². The topological polar surface area (TPSA) is 63.0 Å². The summed E-state index contributed by atoms with van der Waals surface area (Å²) >= 11 is 0. The highest BCUT2D eigenvalue weighted by Crippen LogP contribution is 2.17. The van der Waals surface area contributed by atoms with Gasteiger partial charge in [-0.2, -0.15) is 0 Å². The minimum atomic E-state index is -0.825. The van der Waals surface area contributed by atoms with Crippen molar-refractivity contribution in [3.63, 3.8) is 0 Å². The summed E-state index contributed by atoms with van der Waals surface area (Å²) in [5.41, 5.74) is 2.00. The van der Waals surface area contributed by atoms with Crippen molar-refractivity contribution < 1.29 is 8.78 Å². The third-order valence-corrected chi connectivity index (χ3v) is 1.30. The molecule has 66 valence electrons. The van der Waals surface area contributed by atoms with E-state index in [1.807, 2.05) is 5.43 Å². The average molecular weight is 174 g/mol. The van der Waals surface area contributed by atoms with Gasteiger partial charge >= 0.3 is 0 Å². The molecule has 0 aliphatic heterocycles. The van der Waals surface area contributed by atoms with Crippen molar-refractivity contribution in [1.82, 2.24) is 4.98 Å². The average Bonchev–Trinajstić information content (AvgIpc) is 2.05. The Labute approximate surface area is 67.8 Å². The first kappa shape index (κ1) is 8.66. The molecule has 12 heavy (non-hydrogen) atoms. The first-order chi connectivity index (χ1) is 5.69. The highest BCUT2D eigenvalue weighted by Gasteiger charge is 2.08. The largest absolute Gasteiger partial charge is 0.371 e. The maximum atomic E-state index is 12.7. The Morgan fingerprint density at radius 1 is 1.33 bits per heavy atom. The number of nitrogens with zero attached hydrogens (tertiary/aromatic N) is 1. The molecule has 1 rings (SSSR count). The van der Waals surface area contributed by atoms with Gasteiger partial charge in [0.2, 0.25) is 0 Å². The summed E-state index contributed by atoms with van der Waals surface area (Å²) in [6, 6.07) is 0.702. The van der Waals surface area contributed by atoms with Gasteiger partial charge in [0.25, 0.3) is 0 Å². The molecule has 1 aromatic heterocycles. The Hall–Kier alpha value is -1.43. The van der Waals surface area contributed by atoms with Crippen molar-refractivity contribution in [1.29, 1.82) is 0 Å². The molecule has 0 aromatic carbocycles. The van der Waals surface area contributed by atoms with E-state index in [0.717, 1.165) is 0 Å². The van der Waals surface area contributed by atoms with Crippen LogP contribution in [0.4, 0.5) is 20.4 Å². The number of nitrogens with two attached hydrogens (primary N) is 1. The van der Waals surface area contributed by atoms with E-state index < -0.39 is 11.6 Å². The van der Waals surface area contributed by atoms with Crippen LogP contribution in [0.3, 0.4) is 0 Å². The molecule has 6 heteroatoms. The number of halogens is 2. The Morgan fingerprint density at radius 2 is 1.92 bits per heavy atom. The SMILES string of the molecule is CNc1nc(NN)c(F)cc1F. The van der Waals surface area contributed by atoms with Gasteiger partial charge in [0.05, 0.1) is 0 Å². The molecule has 0 fully saturated rings. The van der Waals surface area contributed by atoms with Crippen LogP contribution in [-0.2, 0) is 0 Å². The lowest BCUT2D eigenvalue weighted by atomic mass is 10.4. The van der Waals surface area contributed by atoms with Crippen molar-refractivity contribution in [3.8, 4) is 0 Å². The number of nitrogens with one attached hydrogen (secondary N) is 2. The van der Waals surface area contributed by atoms with Gasteiger partial charge in [-0.05, 0) is 0 Å². The van der Waals surface area contributed by atoms with Gasteiger partial charge in [0, 0.05) is 13.1 Å². The van der Waals surface area contributed by atoms with E-state index in [1.54, 1.807) is 0 Å². The molecular weight excluding hydrogens is 166 g/mol. The number of nitrogen functional groups attached to an aromatic ring is 1. The summed E-state index contributed by atoms with van der Waals surface area (Å²) in [5, 5.41) is 2.45. The molecule has 1 heterocycles. The summed E-state index contributed by atoms with van der Waals surface area (Å²) in [7, 11) is 1.48. The second-order valence-electron chi connectivity index (χ2n) is 2.04. The van der Waals surface area contributed by atoms with E-state index in [-0.39, 0.29) is 11.6 Å². The Kier molecular flexibility index (Phi) is 2.39. The third-order valence-electron chi connectivity index (χ3n) is 1.30. The molecule has 0 aliphatic rings. The molecular formula is C6H8F2N4. The summed E-state index contributed by atoms with van der Waals surface area (Å²) in [6.07, 6.45) is 0. The highest BCUT2D eigenvalue weighted by molar-refractivity contribution is 5.46. The zero-order valence-electron chi connectivity index (χ0n) is 6.36. The van der Waals surface area contributed by atoms with Gasteiger partial charge in [-0.15, -0.1) is 0 Å². The van der Waals surface area contributed by atoms with Crippen LogP contribution in [0.25, 0.3) is 0 Å². The van der Waals surface area contributed by atoms with E-state index in [4.69, 9.17) is 5.84 Å². The number of anilines is 2. The van der Waals surface area contributed by atoms with Crippen LogP contribution in [0.15, 0.2) is 6.07 Å². The first-order valence-corrected chi connectivity index (χ1v) is 3.19. The van der Waals surface area contributed by atoms with E-state index in [0.29, 0.717) is 6.07 Å². The normalized spacial score (nSPS) is 9.67. The van der Waals surface area contributed by atoms with E-state index >= 15 is 0 Å². The maximum absolute atomic E-state index is 12.7. The lowest BCUT2D eigenvalue weighted by Crippen LogP contribution is -2.12. The second-order valence-corrected chi connectivity index (χ2v) is 2.04. The van der Waals surface area contributed by atoms with Crippen molar-refractivity contribution in [2.45, 2.75) is 0 Å². The first-order valence-electron chi connectivity index (χ1n) is 3.19. The van der Waals surface area contributed by atoms with Crippen LogP contribution in [0, 0.1) is 11.6 Å². The van der Waals surface area contributed by atoms with Crippen molar-refractivity contribution in [3.05, 3.63) is 17.7 Å². The quantitative estimate of drug-likeness (QED) is 0.456. The van der Waals surface area contributed by atoms with Crippen LogP contribution in [0.1, 0.15) is 0 Å². The molecule has 0 amide bonds. The molecule has 0 unspecified atom stereocenters. The van der Waals surface area contributed by atoms with Crippen molar-refractivity contribution in [2.75, 3.05) is 17.8 Å². The van der Waals surface area contributed by atoms with Crippen LogP contribution in [0.5, 0.6) is 0 Å². The van der Waals surface area contributed by atoms with Crippen LogP contribution < -0.4 is 16.6 Å². The standard InChI is InChI=1S/C6H8F2N4/c1-10-5-3(7)2-4(8)6(11-5)12-9/h2H,9H2,1H3,(H2,10,11,12). The van der Waals surface area contributed by atoms with Crippen LogP contribution in [-0.4, -0.2) is 12.0 Å². The lowest BCUT2D eigenvalue weighted by molar-refractivity contribution is 0.579. The molecule has 0 radical (unpaired) electrons. The number of aromatic nitrogens is 1. The third kappa shape index (κ3) is 1.42. The van der Waals surface area contributed by atoms with Crippen LogP contribution >= 0.6 is 0 Å². The summed E-state index contributed by atoms with van der Waals surface area (Å²) in [6.45, 7) is 0. The van der Waals surface area contributed by atoms with E-state index in [9.17, 15) is 8.78 Å². The molecule has 4 N–H and O–H groups in total. The number of pyridine rings is 1. The minimum Gasteiger partial charge on any atom is -0.371 e. The number of rotatable bonds is 2. The second kappa shape index (κ2) is 3.31. The molecule has 0 spiro atoms. The molecule has 1 aromatic rings. The van der Waals surface area contributed by atoms with Gasteiger partial charge in [-0.25, -0.2) is 19.6 Å². The summed E-state index contributed by atoms with van der Waals surface area (Å²) in [5.74, 6) is 3.10. The fourth-order valence-corrected chi connectivity index (χ4v) is 0.743. The zero-order chi connectivity index (χ0) is 9.14. The fourth-order valence-electron chi connectivity index (χ4n) is 0.743. The van der Waals surface area contributed by atoms with Crippen molar-refractivity contribution in [2.24, 2.45) is 5.84 Å². The molecule has 0 aliphatic carbocycles. The predicted octanol–water partition coefficient (Wildman–Crippen LogP) is 0.687. The molecule has 0 bridgehead atoms. The van der Waals surface area contributed by atoms with Gasteiger partial charge in [-0.1, -0.05) is 0 Å². The number of hydrogen-bond donors (Lipinski definition) is 3. The summed E-state index contributed by atoms with van der Waals surface area (Å²) in [4.78, 5) is 3.51. The minimum absolute atomic E-state index is 0.0515. The van der Waals surface area contributed by atoms with Gasteiger partial charge in [-0.3, -0.25) is 0 Å². The van der Waals surface area contributed by atoms with Gasteiger partial charge in [0.15, 0.2) is 23.3 Å². The number of hydrazine groups is 1. The Balaban J connectivity index is 3.18. The molecule has 0 saturated carbocycles. The predicted molar refractivity (Wildman–Crippen MR) is 41.5 cm³/mol. The molecule has 4 nitrogen and oxygen atoms in total. The van der Waals surface area contributed by atoms with Crippen molar-refractivity contribution >= 4 is 11.6 Å². The molecule has 0 atom stereocenters. The molecule has 0 saturated heterocycles. The van der Waals surface area contributed by atoms with E-state index in [1.165, 1.54) is 7.05 Å². The maximum Gasteiger partial charge on any atom is 0.178 e. The fraction of sp³-hybridized carbons (Fsp3) is 0.167. The Morgan fingerprint density at radius 3 is 2.42 bits per heavy atom. The summed E-state index contributed by atoms with van der Waals surface area (Å²) < 4.78 is 25.4. The Bertz CT molecular complexity index is 264. The van der Waals surface area contributed by atoms with Gasteiger partial charge in [0.1, 0.15) is 0 Å². The smallest absolute Gasteiger partial charge is 0.178 e. The van der Waals surface area contributed by atoms with Gasteiger partial charge < -0.3 is 10.7 Å². The lowest BCUT2D eigenvalue weighted by Gasteiger charge is -2.05. The number of hydrogen-bond acceptors (Lipinski definition) is 4. The van der Waals surface area contributed by atoms with Crippen LogP contribution in [0.2, 0.25) is 0 Å². The zero-order valence-corrected chi connectivity index (χ0v) is 6.36. The monoisotopic (exact) mass is 174 g/mol. The highest BCUT2D eigenvalue weighted by atomic mass is 19.1.